The largest absolute Gasteiger partial charge is 0.366 e. The maximum Gasteiger partial charge on any atom is 0.255 e. The van der Waals surface area contributed by atoms with Gasteiger partial charge in [0.15, 0.2) is 0 Å². The molecule has 0 bridgehead atoms. The number of hydrogen-bond acceptors (Lipinski definition) is 3. The van der Waals surface area contributed by atoms with Gasteiger partial charge in [-0.05, 0) is 36.4 Å². The molecule has 0 atom stereocenters. The van der Waals surface area contributed by atoms with Gasteiger partial charge >= 0.3 is 0 Å². The minimum atomic E-state index is -0.205. The third-order valence-corrected chi connectivity index (χ3v) is 5.62. The molecule has 1 saturated heterocycles. The van der Waals surface area contributed by atoms with Crippen LogP contribution in [0.15, 0.2) is 53.4 Å². The molecule has 1 aliphatic rings. The maximum atomic E-state index is 13.9. The van der Waals surface area contributed by atoms with Crippen LogP contribution in [0, 0.1) is 5.82 Å². The first-order valence-corrected chi connectivity index (χ1v) is 9.70. The Hall–Kier alpha value is -2.01. The van der Waals surface area contributed by atoms with Crippen LogP contribution in [0.3, 0.4) is 0 Å². The van der Waals surface area contributed by atoms with Gasteiger partial charge in [-0.25, -0.2) is 4.39 Å². The number of amides is 1. The molecule has 25 heavy (non-hydrogen) atoms. The lowest BCUT2D eigenvalue weighted by Crippen LogP contribution is -2.49. The number of hydrogen-bond donors (Lipinski definition) is 0. The molecule has 0 spiro atoms. The third kappa shape index (κ3) is 4.15. The minimum absolute atomic E-state index is 0.0763. The van der Waals surface area contributed by atoms with Gasteiger partial charge in [-0.15, -0.1) is 11.8 Å². The molecule has 5 heteroatoms. The van der Waals surface area contributed by atoms with Crippen LogP contribution in [0.1, 0.15) is 23.7 Å². The molecule has 0 aromatic heterocycles. The number of carbonyl (C=O) groups is 1. The first-order valence-electron chi connectivity index (χ1n) is 8.71. The molecule has 0 saturated carbocycles. The molecule has 0 aliphatic carbocycles. The first-order chi connectivity index (χ1) is 12.2. The fraction of sp³-hybridized carbons (Fsp3) is 0.350. The summed E-state index contributed by atoms with van der Waals surface area (Å²) in [5.41, 5.74) is 1.40. The zero-order valence-electron chi connectivity index (χ0n) is 14.5. The van der Waals surface area contributed by atoms with E-state index in [9.17, 15) is 9.18 Å². The SMILES string of the molecule is CCCSc1ccccc1C(=O)N1CCN(c2ccccc2F)CC1. The second-order valence-electron chi connectivity index (χ2n) is 6.08. The van der Waals surface area contributed by atoms with Crippen LogP contribution in [0.5, 0.6) is 0 Å². The van der Waals surface area contributed by atoms with E-state index in [-0.39, 0.29) is 11.7 Å². The van der Waals surface area contributed by atoms with Gasteiger partial charge in [-0.1, -0.05) is 31.2 Å². The number of benzene rings is 2. The van der Waals surface area contributed by atoms with Gasteiger partial charge in [0.2, 0.25) is 0 Å². The van der Waals surface area contributed by atoms with Crippen molar-refractivity contribution in [2.75, 3.05) is 36.8 Å². The van der Waals surface area contributed by atoms with Crippen molar-refractivity contribution in [2.45, 2.75) is 18.2 Å². The van der Waals surface area contributed by atoms with Gasteiger partial charge < -0.3 is 9.80 Å². The molecule has 0 radical (unpaired) electrons. The van der Waals surface area contributed by atoms with Crippen molar-refractivity contribution >= 4 is 23.4 Å². The van der Waals surface area contributed by atoms with Crippen LogP contribution >= 0.6 is 11.8 Å². The second-order valence-corrected chi connectivity index (χ2v) is 7.21. The monoisotopic (exact) mass is 358 g/mol. The molecule has 2 aromatic rings. The standard InChI is InChI=1S/C20H23FN2OS/c1-2-15-25-19-10-6-3-7-16(19)20(24)23-13-11-22(12-14-23)18-9-5-4-8-17(18)21/h3-10H,2,11-15H2,1H3. The lowest BCUT2D eigenvalue weighted by atomic mass is 10.1. The van der Waals surface area contributed by atoms with E-state index in [1.54, 1.807) is 23.9 Å². The van der Waals surface area contributed by atoms with Gasteiger partial charge in [-0.3, -0.25) is 4.79 Å². The highest BCUT2D eigenvalue weighted by atomic mass is 32.2. The summed E-state index contributed by atoms with van der Waals surface area (Å²) >= 11 is 1.73. The Bertz CT molecular complexity index is 729. The molecule has 1 amide bonds. The van der Waals surface area contributed by atoms with E-state index in [0.717, 1.165) is 22.6 Å². The molecule has 1 fully saturated rings. The highest BCUT2D eigenvalue weighted by Crippen LogP contribution is 2.26. The molecule has 0 N–H and O–H groups in total. The third-order valence-electron chi connectivity index (χ3n) is 4.34. The van der Waals surface area contributed by atoms with Crippen molar-refractivity contribution in [3.63, 3.8) is 0 Å². The Morgan fingerprint density at radius 1 is 1.04 bits per heavy atom. The van der Waals surface area contributed by atoms with E-state index < -0.39 is 0 Å². The fourth-order valence-corrected chi connectivity index (χ4v) is 3.92. The van der Waals surface area contributed by atoms with Crippen molar-refractivity contribution in [1.29, 1.82) is 0 Å². The van der Waals surface area contributed by atoms with Crippen LogP contribution < -0.4 is 4.90 Å². The van der Waals surface area contributed by atoms with E-state index in [2.05, 4.69) is 6.92 Å². The molecular weight excluding hydrogens is 335 g/mol. The summed E-state index contributed by atoms with van der Waals surface area (Å²) in [6.07, 6.45) is 1.08. The highest BCUT2D eigenvalue weighted by Gasteiger charge is 2.24. The zero-order chi connectivity index (χ0) is 17.6. The first kappa shape index (κ1) is 17.8. The van der Waals surface area contributed by atoms with Crippen LogP contribution in [0.25, 0.3) is 0 Å². The number of nitrogens with zero attached hydrogens (tertiary/aromatic N) is 2. The Morgan fingerprint density at radius 2 is 1.72 bits per heavy atom. The normalized spacial score (nSPS) is 14.6. The van der Waals surface area contributed by atoms with Gasteiger partial charge in [-0.2, -0.15) is 0 Å². The number of rotatable bonds is 5. The summed E-state index contributed by atoms with van der Waals surface area (Å²) in [5.74, 6) is 0.877. The molecule has 132 valence electrons. The predicted octanol–water partition coefficient (Wildman–Crippen LogP) is 4.29. The predicted molar refractivity (Wildman–Crippen MR) is 102 cm³/mol. The Kier molecular flexibility index (Phi) is 5.97. The van der Waals surface area contributed by atoms with Crippen molar-refractivity contribution in [1.82, 2.24) is 4.90 Å². The molecule has 3 nitrogen and oxygen atoms in total. The van der Waals surface area contributed by atoms with E-state index in [1.165, 1.54) is 6.07 Å². The average Bonchev–Trinajstić information content (AvgIpc) is 2.66. The topological polar surface area (TPSA) is 23.6 Å². The maximum absolute atomic E-state index is 13.9. The Labute approximate surface area is 152 Å². The number of piperazine rings is 1. The number of anilines is 1. The Morgan fingerprint density at radius 3 is 2.44 bits per heavy atom. The number of thioether (sulfide) groups is 1. The van der Waals surface area contributed by atoms with Crippen molar-refractivity contribution in [2.24, 2.45) is 0 Å². The van der Waals surface area contributed by atoms with E-state index in [1.807, 2.05) is 40.1 Å². The summed E-state index contributed by atoms with van der Waals surface area (Å²) in [4.78, 5) is 17.8. The zero-order valence-corrected chi connectivity index (χ0v) is 15.3. The lowest BCUT2D eigenvalue weighted by molar-refractivity contribution is 0.0743. The van der Waals surface area contributed by atoms with Crippen molar-refractivity contribution in [3.05, 3.63) is 59.9 Å². The van der Waals surface area contributed by atoms with Gasteiger partial charge in [0, 0.05) is 31.1 Å². The van der Waals surface area contributed by atoms with Crippen molar-refractivity contribution < 1.29 is 9.18 Å². The summed E-state index contributed by atoms with van der Waals surface area (Å²) in [7, 11) is 0. The minimum Gasteiger partial charge on any atom is -0.366 e. The average molecular weight is 358 g/mol. The van der Waals surface area contributed by atoms with E-state index >= 15 is 0 Å². The molecule has 1 heterocycles. The number of halogens is 1. The lowest BCUT2D eigenvalue weighted by Gasteiger charge is -2.36. The quantitative estimate of drug-likeness (QED) is 0.745. The number of carbonyl (C=O) groups excluding carboxylic acids is 1. The fourth-order valence-electron chi connectivity index (χ4n) is 3.01. The van der Waals surface area contributed by atoms with Crippen LogP contribution in [0.2, 0.25) is 0 Å². The molecule has 0 unspecified atom stereocenters. The van der Waals surface area contributed by atoms with E-state index in [4.69, 9.17) is 0 Å². The molecule has 2 aromatic carbocycles. The number of para-hydroxylation sites is 1. The van der Waals surface area contributed by atoms with Gasteiger partial charge in [0.05, 0.1) is 11.3 Å². The summed E-state index contributed by atoms with van der Waals surface area (Å²) in [6.45, 7) is 4.66. The second kappa shape index (κ2) is 8.39. The van der Waals surface area contributed by atoms with E-state index in [0.29, 0.717) is 31.9 Å². The van der Waals surface area contributed by atoms with Gasteiger partial charge in [0.1, 0.15) is 5.82 Å². The summed E-state index contributed by atoms with van der Waals surface area (Å²) < 4.78 is 13.9. The molecular formula is C20H23FN2OS. The highest BCUT2D eigenvalue weighted by molar-refractivity contribution is 7.99. The van der Waals surface area contributed by atoms with Crippen molar-refractivity contribution in [3.8, 4) is 0 Å². The molecule has 3 rings (SSSR count). The van der Waals surface area contributed by atoms with Gasteiger partial charge in [0.25, 0.3) is 5.91 Å². The smallest absolute Gasteiger partial charge is 0.255 e. The molecule has 1 aliphatic heterocycles. The van der Waals surface area contributed by atoms with Crippen LogP contribution in [0.4, 0.5) is 10.1 Å². The van der Waals surface area contributed by atoms with Crippen LogP contribution in [-0.4, -0.2) is 42.7 Å². The van der Waals surface area contributed by atoms with Crippen LogP contribution in [-0.2, 0) is 0 Å². The summed E-state index contributed by atoms with van der Waals surface area (Å²) in [5, 5.41) is 0. The Balaban J connectivity index is 1.67. The summed E-state index contributed by atoms with van der Waals surface area (Å²) in [6, 6.07) is 14.6.